The second-order valence-corrected chi connectivity index (χ2v) is 6.77. The molecule has 0 fully saturated rings. The van der Waals surface area contributed by atoms with Crippen LogP contribution in [0.25, 0.3) is 16.3 Å². The minimum atomic E-state index is -0.102. The van der Waals surface area contributed by atoms with Crippen LogP contribution in [0.4, 0.5) is 0 Å². The van der Waals surface area contributed by atoms with Gasteiger partial charge in [0.2, 0.25) is 0 Å². The lowest BCUT2D eigenvalue weighted by atomic mass is 10.2. The summed E-state index contributed by atoms with van der Waals surface area (Å²) in [7, 11) is 0. The molecule has 0 aliphatic heterocycles. The number of likely N-dealkylation sites (N-methyl/N-ethyl adjacent to an activating group) is 1. The van der Waals surface area contributed by atoms with Crippen molar-refractivity contribution in [1.82, 2.24) is 20.4 Å². The van der Waals surface area contributed by atoms with Crippen molar-refractivity contribution < 1.29 is 4.79 Å². The molecular formula is C19H22N4OS. The maximum atomic E-state index is 12.7. The molecule has 1 atom stereocenters. The molecule has 0 aliphatic carbocycles. The third-order valence-electron chi connectivity index (χ3n) is 3.86. The number of aromatic nitrogens is 2. The van der Waals surface area contributed by atoms with E-state index in [9.17, 15) is 4.79 Å². The van der Waals surface area contributed by atoms with Crippen molar-refractivity contribution in [2.75, 3.05) is 13.1 Å². The molecular weight excluding hydrogens is 332 g/mol. The lowest BCUT2D eigenvalue weighted by molar-refractivity contribution is 0.0951. The topological polar surface area (TPSA) is 58.9 Å². The molecule has 3 rings (SSSR count). The average molecular weight is 354 g/mol. The lowest BCUT2D eigenvalue weighted by Gasteiger charge is -2.12. The normalized spacial score (nSPS) is 12.1. The Morgan fingerprint density at radius 3 is 2.72 bits per heavy atom. The van der Waals surface area contributed by atoms with E-state index in [2.05, 4.69) is 29.6 Å². The van der Waals surface area contributed by atoms with Gasteiger partial charge in [-0.05, 0) is 37.0 Å². The van der Waals surface area contributed by atoms with Crippen LogP contribution in [0.1, 0.15) is 24.2 Å². The van der Waals surface area contributed by atoms with Gasteiger partial charge in [0, 0.05) is 18.8 Å². The fourth-order valence-corrected chi connectivity index (χ4v) is 3.33. The molecule has 0 spiro atoms. The quantitative estimate of drug-likeness (QED) is 0.684. The maximum Gasteiger partial charge on any atom is 0.255 e. The fourth-order valence-electron chi connectivity index (χ4n) is 2.61. The van der Waals surface area contributed by atoms with Gasteiger partial charge in [-0.2, -0.15) is 5.10 Å². The van der Waals surface area contributed by atoms with Crippen LogP contribution in [-0.4, -0.2) is 34.8 Å². The largest absolute Gasteiger partial charge is 0.350 e. The van der Waals surface area contributed by atoms with Crippen molar-refractivity contribution in [3.05, 3.63) is 59.6 Å². The van der Waals surface area contributed by atoms with Crippen LogP contribution >= 0.6 is 11.3 Å². The summed E-state index contributed by atoms with van der Waals surface area (Å²) in [5.41, 5.74) is 2.24. The Bertz CT molecular complexity index is 811. The molecule has 2 heterocycles. The van der Waals surface area contributed by atoms with E-state index in [1.165, 1.54) is 0 Å². The van der Waals surface area contributed by atoms with Crippen LogP contribution in [0.2, 0.25) is 0 Å². The van der Waals surface area contributed by atoms with E-state index in [0.29, 0.717) is 17.8 Å². The van der Waals surface area contributed by atoms with Crippen molar-refractivity contribution in [3.8, 4) is 16.3 Å². The van der Waals surface area contributed by atoms with E-state index in [1.54, 1.807) is 22.2 Å². The van der Waals surface area contributed by atoms with Gasteiger partial charge in [0.15, 0.2) is 0 Å². The Balaban J connectivity index is 1.89. The highest BCUT2D eigenvalue weighted by atomic mass is 32.1. The first kappa shape index (κ1) is 17.4. The van der Waals surface area contributed by atoms with Gasteiger partial charge in [0.05, 0.1) is 16.1 Å². The number of hydrogen-bond acceptors (Lipinski definition) is 4. The molecule has 1 amide bonds. The second-order valence-electron chi connectivity index (χ2n) is 5.82. The standard InChI is InChI=1S/C19H22N4OS/c1-3-20-14(2)12-21-19(24)16-13-23(15-8-5-4-6-9-15)22-18(16)17-10-7-11-25-17/h4-11,13-14,20H,3,12H2,1-2H3,(H,21,24)/t14-/m1/s1. The summed E-state index contributed by atoms with van der Waals surface area (Å²) in [6.45, 7) is 5.56. The molecule has 130 valence electrons. The van der Waals surface area contributed by atoms with Gasteiger partial charge in [-0.3, -0.25) is 4.79 Å². The van der Waals surface area contributed by atoms with Crippen LogP contribution in [0.5, 0.6) is 0 Å². The number of carbonyl (C=O) groups is 1. The zero-order valence-electron chi connectivity index (χ0n) is 14.4. The highest BCUT2D eigenvalue weighted by molar-refractivity contribution is 7.13. The molecule has 5 nitrogen and oxygen atoms in total. The Morgan fingerprint density at radius 2 is 2.04 bits per heavy atom. The first-order chi connectivity index (χ1) is 12.2. The molecule has 25 heavy (non-hydrogen) atoms. The van der Waals surface area contributed by atoms with Gasteiger partial charge in [0.1, 0.15) is 5.69 Å². The number of hydrogen-bond donors (Lipinski definition) is 2. The van der Waals surface area contributed by atoms with Crippen LogP contribution in [0, 0.1) is 0 Å². The van der Waals surface area contributed by atoms with Gasteiger partial charge >= 0.3 is 0 Å². The Morgan fingerprint density at radius 1 is 1.24 bits per heavy atom. The smallest absolute Gasteiger partial charge is 0.255 e. The van der Waals surface area contributed by atoms with E-state index in [0.717, 1.165) is 17.1 Å². The molecule has 0 saturated heterocycles. The lowest BCUT2D eigenvalue weighted by Crippen LogP contribution is -2.38. The van der Waals surface area contributed by atoms with E-state index >= 15 is 0 Å². The number of amides is 1. The predicted octanol–water partition coefficient (Wildman–Crippen LogP) is 3.33. The number of para-hydroxylation sites is 1. The van der Waals surface area contributed by atoms with Crippen LogP contribution in [-0.2, 0) is 0 Å². The summed E-state index contributed by atoms with van der Waals surface area (Å²) in [5, 5.41) is 12.9. The second kappa shape index (κ2) is 8.09. The molecule has 2 aromatic heterocycles. The van der Waals surface area contributed by atoms with Crippen molar-refractivity contribution in [3.63, 3.8) is 0 Å². The summed E-state index contributed by atoms with van der Waals surface area (Å²) >= 11 is 1.58. The SMILES string of the molecule is CCN[C@H](C)CNC(=O)c1cn(-c2ccccc2)nc1-c1cccs1. The monoisotopic (exact) mass is 354 g/mol. The van der Waals surface area contributed by atoms with Gasteiger partial charge in [-0.25, -0.2) is 4.68 Å². The van der Waals surface area contributed by atoms with Gasteiger partial charge < -0.3 is 10.6 Å². The minimum absolute atomic E-state index is 0.102. The number of benzene rings is 1. The highest BCUT2D eigenvalue weighted by Crippen LogP contribution is 2.27. The molecule has 3 aromatic rings. The molecule has 0 aliphatic rings. The highest BCUT2D eigenvalue weighted by Gasteiger charge is 2.19. The third kappa shape index (κ3) is 4.15. The van der Waals surface area contributed by atoms with Crippen LogP contribution < -0.4 is 10.6 Å². The molecule has 0 saturated carbocycles. The molecule has 1 aromatic carbocycles. The first-order valence-electron chi connectivity index (χ1n) is 8.39. The zero-order chi connectivity index (χ0) is 17.6. The predicted molar refractivity (Wildman–Crippen MR) is 102 cm³/mol. The van der Waals surface area contributed by atoms with E-state index in [1.807, 2.05) is 47.8 Å². The first-order valence-corrected chi connectivity index (χ1v) is 9.27. The maximum absolute atomic E-state index is 12.7. The number of rotatable bonds is 7. The van der Waals surface area contributed by atoms with E-state index in [-0.39, 0.29) is 11.9 Å². The van der Waals surface area contributed by atoms with Crippen molar-refractivity contribution in [2.45, 2.75) is 19.9 Å². The van der Waals surface area contributed by atoms with E-state index < -0.39 is 0 Å². The van der Waals surface area contributed by atoms with Crippen molar-refractivity contribution in [1.29, 1.82) is 0 Å². The molecule has 0 unspecified atom stereocenters. The fraction of sp³-hybridized carbons (Fsp3) is 0.263. The van der Waals surface area contributed by atoms with Crippen molar-refractivity contribution in [2.24, 2.45) is 0 Å². The Hall–Kier alpha value is -2.44. The average Bonchev–Trinajstić information content (AvgIpc) is 3.30. The van der Waals surface area contributed by atoms with Crippen molar-refractivity contribution >= 4 is 17.2 Å². The minimum Gasteiger partial charge on any atom is -0.350 e. The summed E-state index contributed by atoms with van der Waals surface area (Å²) in [5.74, 6) is -0.102. The van der Waals surface area contributed by atoms with E-state index in [4.69, 9.17) is 0 Å². The van der Waals surface area contributed by atoms with Gasteiger partial charge in [0.25, 0.3) is 5.91 Å². The zero-order valence-corrected chi connectivity index (χ0v) is 15.2. The Kier molecular flexibility index (Phi) is 5.63. The number of thiophene rings is 1. The molecule has 2 N–H and O–H groups in total. The number of carbonyl (C=O) groups excluding carboxylic acids is 1. The van der Waals surface area contributed by atoms with Crippen LogP contribution in [0.3, 0.4) is 0 Å². The number of nitrogens with one attached hydrogen (secondary N) is 2. The molecule has 0 radical (unpaired) electrons. The van der Waals surface area contributed by atoms with Gasteiger partial charge in [-0.15, -0.1) is 11.3 Å². The summed E-state index contributed by atoms with van der Waals surface area (Å²) in [6, 6.07) is 14.0. The molecule has 6 heteroatoms. The van der Waals surface area contributed by atoms with Gasteiger partial charge in [-0.1, -0.05) is 31.2 Å². The Labute approximate surface area is 151 Å². The summed E-state index contributed by atoms with van der Waals surface area (Å²) in [6.07, 6.45) is 1.80. The van der Waals surface area contributed by atoms with Crippen LogP contribution in [0.15, 0.2) is 54.0 Å². The summed E-state index contributed by atoms with van der Waals surface area (Å²) < 4.78 is 1.76. The molecule has 0 bridgehead atoms. The number of nitrogens with zero attached hydrogens (tertiary/aromatic N) is 2. The third-order valence-corrected chi connectivity index (χ3v) is 4.73. The summed E-state index contributed by atoms with van der Waals surface area (Å²) in [4.78, 5) is 13.7.